The molecular weight excluding hydrogens is 905 g/mol. The Morgan fingerprint density at radius 2 is 1.20 bits per heavy atom. The minimum atomic E-state index is -2.03. The quantitative estimate of drug-likeness (QED) is 0.0337. The van der Waals surface area contributed by atoms with E-state index in [1.54, 1.807) is 0 Å². The molecule has 0 aliphatic heterocycles. The van der Waals surface area contributed by atoms with E-state index in [2.05, 4.69) is 48.5 Å². The van der Waals surface area contributed by atoms with Crippen LogP contribution in [0.3, 0.4) is 0 Å². The van der Waals surface area contributed by atoms with Crippen LogP contribution in [0.1, 0.15) is 48.2 Å². The van der Waals surface area contributed by atoms with Crippen molar-refractivity contribution in [1.82, 2.24) is 51.8 Å². The zero-order chi connectivity index (χ0) is 49.2. The first-order valence-electron chi connectivity index (χ1n) is 18.9. The molecule has 0 aliphatic rings. The maximum atomic E-state index is 13.4. The van der Waals surface area contributed by atoms with Crippen LogP contribution < -0.4 is 48.5 Å². The summed E-state index contributed by atoms with van der Waals surface area (Å²) in [7, 11) is 0. The Kier molecular flexibility index (Phi) is 19.2. The van der Waals surface area contributed by atoms with Gasteiger partial charge in [-0.05, 0) is 30.7 Å². The number of amides is 6. The first kappa shape index (κ1) is 51.9. The molecule has 0 spiro atoms. The molecule has 29 nitrogen and oxygen atoms in total. The molecule has 0 unspecified atom stereocenters. The van der Waals surface area contributed by atoms with Gasteiger partial charge < -0.3 is 68.5 Å². The largest absolute Gasteiger partial charge is 0.481 e. The van der Waals surface area contributed by atoms with Crippen molar-refractivity contribution in [2.45, 2.75) is 68.9 Å². The van der Waals surface area contributed by atoms with Crippen molar-refractivity contribution in [3.63, 3.8) is 0 Å². The molecule has 0 radical (unpaired) electrons. The lowest BCUT2D eigenvalue weighted by molar-refractivity contribution is -0.144. The molecule has 0 saturated heterocycles. The smallest absolute Gasteiger partial charge is 0.327 e. The van der Waals surface area contributed by atoms with Crippen LogP contribution in [-0.4, -0.2) is 153 Å². The fourth-order valence-corrected chi connectivity index (χ4v) is 5.70. The molecule has 3 aromatic rings. The van der Waals surface area contributed by atoms with E-state index in [-0.39, 0.29) is 29.2 Å². The van der Waals surface area contributed by atoms with Gasteiger partial charge in [0, 0.05) is 23.4 Å². The van der Waals surface area contributed by atoms with Gasteiger partial charge in [-0.15, -0.1) is 0 Å². The van der Waals surface area contributed by atoms with Gasteiger partial charge in [-0.3, -0.25) is 57.7 Å². The summed E-state index contributed by atoms with van der Waals surface area (Å²) in [5.41, 5.74) is 5.67. The van der Waals surface area contributed by atoms with Gasteiger partial charge in [-0.25, -0.2) is 14.8 Å². The highest BCUT2D eigenvalue weighted by Gasteiger charge is 2.33. The van der Waals surface area contributed by atoms with Gasteiger partial charge in [-0.1, -0.05) is 0 Å². The fourth-order valence-electron chi connectivity index (χ4n) is 5.46. The zero-order valence-corrected chi connectivity index (χ0v) is 34.8. The summed E-state index contributed by atoms with van der Waals surface area (Å²) >= 11 is 3.76. The van der Waals surface area contributed by atoms with Crippen LogP contribution in [0.4, 0.5) is 11.6 Å². The van der Waals surface area contributed by atoms with Crippen molar-refractivity contribution in [1.29, 1.82) is 0 Å². The van der Waals surface area contributed by atoms with E-state index in [1.807, 2.05) is 21.3 Å². The van der Waals surface area contributed by atoms with Crippen LogP contribution in [0.15, 0.2) is 35.3 Å². The molecule has 354 valence electrons. The molecule has 6 amide bonds. The van der Waals surface area contributed by atoms with Gasteiger partial charge in [0.1, 0.15) is 30.2 Å². The van der Waals surface area contributed by atoms with Crippen molar-refractivity contribution in [3.05, 3.63) is 52.1 Å². The molecule has 0 saturated carbocycles. The number of H-pyrrole nitrogens is 1. The Bertz CT molecular complexity index is 2430. The van der Waals surface area contributed by atoms with Crippen LogP contribution in [-0.2, 0) is 54.5 Å². The van der Waals surface area contributed by atoms with Crippen LogP contribution in [0.5, 0.6) is 0 Å². The minimum Gasteiger partial charge on any atom is -0.481 e. The Labute approximate surface area is 374 Å². The maximum absolute atomic E-state index is 13.4. The number of rotatable bonds is 26. The first-order valence-corrected chi connectivity index (χ1v) is 19.5. The van der Waals surface area contributed by atoms with E-state index in [0.29, 0.717) is 11.4 Å². The summed E-state index contributed by atoms with van der Waals surface area (Å²) in [4.78, 5) is 162. The minimum absolute atomic E-state index is 0.0314. The number of aromatic nitrogens is 4. The number of anilines is 2. The van der Waals surface area contributed by atoms with Crippen molar-refractivity contribution < 1.29 is 78.3 Å². The van der Waals surface area contributed by atoms with Gasteiger partial charge in [0.05, 0.1) is 44.2 Å². The van der Waals surface area contributed by atoms with Crippen molar-refractivity contribution in [2.24, 2.45) is 0 Å². The third-order valence-corrected chi connectivity index (χ3v) is 9.01. The lowest BCUT2D eigenvalue weighted by atomic mass is 10.1. The summed E-state index contributed by atoms with van der Waals surface area (Å²) in [5.74, 6) is -16.0. The highest BCUT2D eigenvalue weighted by molar-refractivity contribution is 7.80. The fraction of sp³-hybridized carbons (Fsp3) is 0.361. The molecule has 66 heavy (non-hydrogen) atoms. The summed E-state index contributed by atoms with van der Waals surface area (Å²) in [6.07, 6.45) is -3.27. The normalized spacial score (nSPS) is 13.0. The lowest BCUT2D eigenvalue weighted by Gasteiger charge is -2.23. The monoisotopic (exact) mass is 946 g/mol. The highest BCUT2D eigenvalue weighted by Crippen LogP contribution is 2.13. The number of aliphatic carboxylic acids is 5. The average molecular weight is 947 g/mol. The number of carboxylic acids is 5. The van der Waals surface area contributed by atoms with Crippen molar-refractivity contribution in [2.75, 3.05) is 23.3 Å². The number of hydrogen-bond donors (Lipinski definition) is 15. The van der Waals surface area contributed by atoms with Gasteiger partial charge in [-0.2, -0.15) is 17.6 Å². The molecule has 2 heterocycles. The van der Waals surface area contributed by atoms with E-state index in [1.165, 1.54) is 30.5 Å². The Balaban J connectivity index is 1.67. The van der Waals surface area contributed by atoms with Crippen LogP contribution in [0.25, 0.3) is 11.2 Å². The summed E-state index contributed by atoms with van der Waals surface area (Å²) in [6.45, 7) is -1.02. The molecule has 3 rings (SSSR count). The predicted octanol–water partition coefficient (Wildman–Crippen LogP) is -4.64. The Hall–Kier alpha value is -8.44. The molecule has 5 atom stereocenters. The second-order valence-corrected chi connectivity index (χ2v) is 14.1. The van der Waals surface area contributed by atoms with Gasteiger partial charge in [0.25, 0.3) is 11.5 Å². The molecule has 15 N–H and O–H groups in total. The predicted molar refractivity (Wildman–Crippen MR) is 223 cm³/mol. The second kappa shape index (κ2) is 24.4. The number of fused-ring (bicyclic) bond motifs is 1. The van der Waals surface area contributed by atoms with Crippen LogP contribution in [0, 0.1) is 0 Å². The molecule has 30 heteroatoms. The number of hydrogen-bond acceptors (Lipinski definition) is 18. The van der Waals surface area contributed by atoms with Crippen molar-refractivity contribution in [3.8, 4) is 0 Å². The molecule has 1 aromatic carbocycles. The molecular formula is C36H42N12O17S. The van der Waals surface area contributed by atoms with Crippen molar-refractivity contribution >= 4 is 101 Å². The van der Waals surface area contributed by atoms with E-state index >= 15 is 0 Å². The number of nitrogens with one attached hydrogen (secondary N) is 8. The number of carbonyl (C=O) groups is 11. The van der Waals surface area contributed by atoms with E-state index in [9.17, 15) is 78.0 Å². The summed E-state index contributed by atoms with van der Waals surface area (Å²) in [6, 6.07) is -3.69. The second-order valence-electron chi connectivity index (χ2n) is 13.7. The number of nitrogens with zero attached hydrogens (tertiary/aromatic N) is 3. The topological polar surface area (TPSA) is 471 Å². The summed E-state index contributed by atoms with van der Waals surface area (Å²) < 4.78 is 0. The first-order chi connectivity index (χ1) is 31.1. The third-order valence-electron chi connectivity index (χ3n) is 8.65. The number of aromatic amines is 1. The van der Waals surface area contributed by atoms with E-state index < -0.39 is 145 Å². The number of nitrogen functional groups attached to an aromatic ring is 1. The van der Waals surface area contributed by atoms with E-state index in [4.69, 9.17) is 10.8 Å². The standard InChI is InChI=1S/C36H42N12O17S/c37-36-47-28-27(34(63)48-36)41-16(11-39-28)10-38-15-3-1-14(2-4-15)29(58)43-17(5-6-23(50)51)31(60)44-18(7-24(52)53)30(59)40-12-22(49)42-19(8-25(54)55)32(61)45-20(9-26(56)57)33(62)46-21(13-66)35(64)65/h1-4,11,17-21,38,66H,5-10,12-13H2,(H,40,59)(H,42,49)(H,43,58)(H,44,60)(H,45,61)(H,46,62)(H,50,51)(H,52,53)(H,54,55)(H,56,57)(H,64,65)(H3,37,39,47,48,63)/t17-,18-,19-,20-,21-/m0/s1. The number of carboxylic acid groups (broad SMARTS) is 5. The number of carbonyl (C=O) groups excluding carboxylic acids is 6. The number of thiol groups is 1. The molecule has 2 aromatic heterocycles. The van der Waals surface area contributed by atoms with E-state index in [0.717, 1.165) is 0 Å². The molecule has 0 fully saturated rings. The average Bonchev–Trinajstić information content (AvgIpc) is 3.23. The molecule has 0 bridgehead atoms. The van der Waals surface area contributed by atoms with Crippen LogP contribution in [0.2, 0.25) is 0 Å². The summed E-state index contributed by atoms with van der Waals surface area (Å²) in [5, 5.41) is 61.6. The SMILES string of the molecule is Nc1nc2ncc(CNc3ccc(C(=O)N[C@@H](CCC(=O)O)C(=O)N[C@@H](CC(=O)O)C(=O)NCC(=O)N[C@@H](CC(=O)O)C(=O)N[C@@H](CC(=O)O)C(=O)N[C@@H](CS)C(=O)O)cc3)nc2c(=O)[nH]1. The Morgan fingerprint density at radius 3 is 1.73 bits per heavy atom. The van der Waals surface area contributed by atoms with Gasteiger partial charge in [0.2, 0.25) is 35.5 Å². The Morgan fingerprint density at radius 1 is 0.667 bits per heavy atom. The van der Waals surface area contributed by atoms with Gasteiger partial charge >= 0.3 is 29.8 Å². The van der Waals surface area contributed by atoms with Crippen LogP contribution >= 0.6 is 12.6 Å². The highest BCUT2D eigenvalue weighted by atomic mass is 32.1. The van der Waals surface area contributed by atoms with Gasteiger partial charge in [0.15, 0.2) is 11.2 Å². The zero-order valence-electron chi connectivity index (χ0n) is 33.9. The number of nitrogens with two attached hydrogens (primary N) is 1. The lowest BCUT2D eigenvalue weighted by Crippen LogP contribution is -2.58. The maximum Gasteiger partial charge on any atom is 0.327 e. The molecule has 0 aliphatic carbocycles. The third kappa shape index (κ3) is 16.7. The number of benzene rings is 1.